The highest BCUT2D eigenvalue weighted by Gasteiger charge is 2.46. The first-order valence-electron chi connectivity index (χ1n) is 10.1. The van der Waals surface area contributed by atoms with Crippen LogP contribution < -0.4 is 10.1 Å². The molecule has 6 nitrogen and oxygen atoms in total. The average Bonchev–Trinajstić information content (AvgIpc) is 3.22. The normalized spacial score (nSPS) is 21.1. The Bertz CT molecular complexity index is 764. The van der Waals surface area contributed by atoms with Crippen molar-refractivity contribution in [2.24, 2.45) is 4.99 Å². The third-order valence-corrected chi connectivity index (χ3v) is 6.04. The third-order valence-electron chi connectivity index (χ3n) is 6.04. The number of likely N-dealkylation sites (tertiary alicyclic amines) is 1. The molecule has 1 aliphatic carbocycles. The molecule has 6 heteroatoms. The first kappa shape index (κ1) is 18.3. The van der Waals surface area contributed by atoms with E-state index in [9.17, 15) is 4.79 Å². The van der Waals surface area contributed by atoms with Crippen molar-refractivity contribution < 1.29 is 9.53 Å². The molecule has 0 atom stereocenters. The molecule has 2 aliphatic heterocycles. The Labute approximate surface area is 161 Å². The Balaban J connectivity index is 1.46. The summed E-state index contributed by atoms with van der Waals surface area (Å²) in [6.07, 6.45) is 5.14. The second-order valence-corrected chi connectivity index (χ2v) is 8.11. The number of fused-ring (bicyclic) bond motifs is 1. The van der Waals surface area contributed by atoms with Gasteiger partial charge in [0, 0.05) is 39.3 Å². The Morgan fingerprint density at radius 3 is 2.56 bits per heavy atom. The summed E-state index contributed by atoms with van der Waals surface area (Å²) < 4.78 is 5.94. The first-order valence-corrected chi connectivity index (χ1v) is 10.1. The molecular formula is C21H30N4O2. The number of hydrogen-bond acceptors (Lipinski definition) is 5. The van der Waals surface area contributed by atoms with Gasteiger partial charge in [0.25, 0.3) is 5.91 Å². The van der Waals surface area contributed by atoms with Gasteiger partial charge in [-0.05, 0) is 56.2 Å². The molecule has 146 valence electrons. The molecule has 1 saturated heterocycles. The summed E-state index contributed by atoms with van der Waals surface area (Å²) in [5.74, 6) is 1.77. The second kappa shape index (κ2) is 7.15. The van der Waals surface area contributed by atoms with Gasteiger partial charge in [-0.15, -0.1) is 0 Å². The maximum atomic E-state index is 12.5. The fourth-order valence-electron chi connectivity index (χ4n) is 4.44. The van der Waals surface area contributed by atoms with Gasteiger partial charge >= 0.3 is 0 Å². The first-order chi connectivity index (χ1) is 13.0. The second-order valence-electron chi connectivity index (χ2n) is 8.11. The Morgan fingerprint density at radius 1 is 1.22 bits per heavy atom. The molecule has 0 saturated carbocycles. The number of nitrogens with one attached hydrogen (secondary N) is 1. The van der Waals surface area contributed by atoms with Crippen LogP contribution in [0.25, 0.3) is 0 Å². The van der Waals surface area contributed by atoms with Gasteiger partial charge in [-0.1, -0.05) is 6.07 Å². The van der Waals surface area contributed by atoms with Gasteiger partial charge in [0.15, 0.2) is 0 Å². The summed E-state index contributed by atoms with van der Waals surface area (Å²) in [5.41, 5.74) is 3.64. The summed E-state index contributed by atoms with van der Waals surface area (Å²) in [6, 6.07) is 4.60. The standard InChI is InChI=1S/C21H30N4O2/c1-4-27-18-13-16-7-5-6-15(16)12-17(18)14-25-10-8-21(9-11-25)19(26)22-20(23-21)24(2)3/h12-13H,4-11,14H2,1-3H3,(H,22,23,26). The topological polar surface area (TPSA) is 57.2 Å². The number of aryl methyl sites for hydroxylation is 2. The van der Waals surface area contributed by atoms with Gasteiger partial charge in [-0.2, -0.15) is 0 Å². The molecule has 1 aromatic rings. The van der Waals surface area contributed by atoms with Crippen molar-refractivity contribution in [2.75, 3.05) is 33.8 Å². The van der Waals surface area contributed by atoms with Crippen molar-refractivity contribution >= 4 is 11.9 Å². The SMILES string of the molecule is CCOc1cc2c(cc1CN1CCC3(CC1)N=C(N(C)C)NC3=O)CCC2. The van der Waals surface area contributed by atoms with E-state index < -0.39 is 5.54 Å². The average molecular weight is 370 g/mol. The minimum absolute atomic E-state index is 0.0541. The van der Waals surface area contributed by atoms with E-state index >= 15 is 0 Å². The number of guanidine groups is 1. The Hall–Kier alpha value is -2.08. The molecule has 27 heavy (non-hydrogen) atoms. The summed E-state index contributed by atoms with van der Waals surface area (Å²) in [7, 11) is 3.83. The Kier molecular flexibility index (Phi) is 4.84. The van der Waals surface area contributed by atoms with Gasteiger partial charge < -0.3 is 9.64 Å². The van der Waals surface area contributed by atoms with E-state index in [0.29, 0.717) is 12.6 Å². The molecule has 2 heterocycles. The van der Waals surface area contributed by atoms with E-state index in [2.05, 4.69) is 22.3 Å². The van der Waals surface area contributed by atoms with E-state index in [1.54, 1.807) is 0 Å². The maximum Gasteiger partial charge on any atom is 0.254 e. The number of nitrogens with zero attached hydrogens (tertiary/aromatic N) is 3. The zero-order valence-electron chi connectivity index (χ0n) is 16.7. The van der Waals surface area contributed by atoms with Crippen molar-refractivity contribution in [1.82, 2.24) is 15.1 Å². The van der Waals surface area contributed by atoms with E-state index in [4.69, 9.17) is 9.73 Å². The largest absolute Gasteiger partial charge is 0.494 e. The minimum Gasteiger partial charge on any atom is -0.494 e. The highest BCUT2D eigenvalue weighted by atomic mass is 16.5. The van der Waals surface area contributed by atoms with Crippen molar-refractivity contribution in [3.8, 4) is 5.75 Å². The Morgan fingerprint density at radius 2 is 1.93 bits per heavy atom. The van der Waals surface area contributed by atoms with Gasteiger partial charge in [0.05, 0.1) is 6.61 Å². The van der Waals surface area contributed by atoms with Crippen LogP contribution in [0.4, 0.5) is 0 Å². The lowest BCUT2D eigenvalue weighted by molar-refractivity contribution is -0.125. The van der Waals surface area contributed by atoms with Crippen LogP contribution in [0.15, 0.2) is 17.1 Å². The van der Waals surface area contributed by atoms with E-state index in [1.165, 1.54) is 36.0 Å². The lowest BCUT2D eigenvalue weighted by Gasteiger charge is -2.35. The molecule has 1 fully saturated rings. The predicted octanol–water partition coefficient (Wildman–Crippen LogP) is 1.96. The third kappa shape index (κ3) is 3.43. The van der Waals surface area contributed by atoms with Crippen LogP contribution in [0.5, 0.6) is 5.75 Å². The molecule has 1 spiro atoms. The van der Waals surface area contributed by atoms with Crippen LogP contribution in [-0.4, -0.2) is 61.0 Å². The molecule has 1 N–H and O–H groups in total. The van der Waals surface area contributed by atoms with Crippen LogP contribution in [0.2, 0.25) is 0 Å². The smallest absolute Gasteiger partial charge is 0.254 e. The summed E-state index contributed by atoms with van der Waals surface area (Å²) in [6.45, 7) is 5.36. The van der Waals surface area contributed by atoms with E-state index in [0.717, 1.165) is 38.2 Å². The highest BCUT2D eigenvalue weighted by Crippen LogP contribution is 2.34. The van der Waals surface area contributed by atoms with Crippen LogP contribution in [0, 0.1) is 0 Å². The number of aliphatic imine (C=N–C) groups is 1. The van der Waals surface area contributed by atoms with Crippen molar-refractivity contribution in [3.05, 3.63) is 28.8 Å². The lowest BCUT2D eigenvalue weighted by Crippen LogP contribution is -2.49. The van der Waals surface area contributed by atoms with Crippen LogP contribution >= 0.6 is 0 Å². The number of hydrogen-bond donors (Lipinski definition) is 1. The van der Waals surface area contributed by atoms with Crippen molar-refractivity contribution in [1.29, 1.82) is 0 Å². The number of amides is 1. The van der Waals surface area contributed by atoms with Gasteiger partial charge in [0.2, 0.25) is 5.96 Å². The molecule has 0 unspecified atom stereocenters. The zero-order chi connectivity index (χ0) is 19.0. The van der Waals surface area contributed by atoms with Gasteiger partial charge in [0.1, 0.15) is 11.3 Å². The summed E-state index contributed by atoms with van der Waals surface area (Å²) in [5, 5.41) is 2.93. The zero-order valence-corrected chi connectivity index (χ0v) is 16.7. The molecule has 4 rings (SSSR count). The molecule has 3 aliphatic rings. The van der Waals surface area contributed by atoms with Crippen molar-refractivity contribution in [3.63, 3.8) is 0 Å². The summed E-state index contributed by atoms with van der Waals surface area (Å²) >= 11 is 0. The fraction of sp³-hybridized carbons (Fsp3) is 0.619. The van der Waals surface area contributed by atoms with Crippen LogP contribution in [-0.2, 0) is 24.2 Å². The molecule has 1 aromatic carbocycles. The maximum absolute atomic E-state index is 12.5. The number of piperidine rings is 1. The molecule has 0 radical (unpaired) electrons. The number of carbonyl (C=O) groups is 1. The quantitative estimate of drug-likeness (QED) is 0.880. The van der Waals surface area contributed by atoms with Crippen molar-refractivity contribution in [2.45, 2.75) is 51.1 Å². The molecular weight excluding hydrogens is 340 g/mol. The van der Waals surface area contributed by atoms with E-state index in [-0.39, 0.29) is 5.91 Å². The number of benzene rings is 1. The van der Waals surface area contributed by atoms with Gasteiger partial charge in [-0.3, -0.25) is 15.0 Å². The monoisotopic (exact) mass is 370 g/mol. The number of rotatable bonds is 4. The van der Waals surface area contributed by atoms with Crippen LogP contribution in [0.1, 0.15) is 42.9 Å². The number of carbonyl (C=O) groups excluding carboxylic acids is 1. The minimum atomic E-state index is -0.573. The lowest BCUT2D eigenvalue weighted by atomic mass is 9.88. The molecule has 0 aromatic heterocycles. The summed E-state index contributed by atoms with van der Waals surface area (Å²) in [4.78, 5) is 21.5. The van der Waals surface area contributed by atoms with Gasteiger partial charge in [-0.25, -0.2) is 4.99 Å². The fourth-order valence-corrected chi connectivity index (χ4v) is 4.44. The molecule has 0 bridgehead atoms. The van der Waals surface area contributed by atoms with Crippen LogP contribution in [0.3, 0.4) is 0 Å². The predicted molar refractivity (Wildman–Crippen MR) is 106 cm³/mol. The number of ether oxygens (including phenoxy) is 1. The molecule has 1 amide bonds. The highest BCUT2D eigenvalue weighted by molar-refractivity contribution is 6.07. The van der Waals surface area contributed by atoms with E-state index in [1.807, 2.05) is 25.9 Å².